The Labute approximate surface area is 198 Å². The molecule has 10 heteroatoms. The Balaban J connectivity index is 1.71. The molecule has 0 fully saturated rings. The van der Waals surface area contributed by atoms with Crippen LogP contribution in [-0.4, -0.2) is 35.5 Å². The quantitative estimate of drug-likeness (QED) is 0.130. The van der Waals surface area contributed by atoms with E-state index in [0.29, 0.717) is 5.56 Å². The van der Waals surface area contributed by atoms with Crippen molar-refractivity contribution in [2.24, 2.45) is 5.92 Å². The summed E-state index contributed by atoms with van der Waals surface area (Å²) >= 11 is 0. The highest BCUT2D eigenvalue weighted by Crippen LogP contribution is 2.38. The molecule has 10 nitrogen and oxygen atoms in total. The summed E-state index contributed by atoms with van der Waals surface area (Å²) < 4.78 is 10.3. The molecular weight excluding hydrogens is 456 g/mol. The zero-order valence-corrected chi connectivity index (χ0v) is 18.3. The number of ether oxygens (including phenoxy) is 2. The van der Waals surface area contributed by atoms with Crippen molar-refractivity contribution >= 4 is 34.8 Å². The second kappa shape index (κ2) is 9.56. The van der Waals surface area contributed by atoms with Gasteiger partial charge in [-0.1, -0.05) is 48.5 Å². The number of nitrogens with one attached hydrogen (secondary N) is 1. The maximum absolute atomic E-state index is 13.4. The van der Waals surface area contributed by atoms with E-state index in [2.05, 4.69) is 5.32 Å². The number of Topliss-reactive ketones (excluding diaryl/α,β-unsaturated/α-hetero) is 2. The number of nitro benzene ring substituents is 1. The molecule has 0 aromatic heterocycles. The number of nitro groups is 1. The highest BCUT2D eigenvalue weighted by molar-refractivity contribution is 6.45. The van der Waals surface area contributed by atoms with Crippen LogP contribution in [0.15, 0.2) is 72.8 Å². The topological polar surface area (TPSA) is 142 Å². The van der Waals surface area contributed by atoms with Crippen LogP contribution in [0.3, 0.4) is 0 Å². The maximum Gasteiger partial charge on any atom is 0.339 e. The van der Waals surface area contributed by atoms with Crippen LogP contribution >= 0.6 is 0 Å². The van der Waals surface area contributed by atoms with E-state index < -0.39 is 46.1 Å². The maximum atomic E-state index is 13.4. The molecule has 35 heavy (non-hydrogen) atoms. The number of anilines is 1. The lowest BCUT2D eigenvalue weighted by molar-refractivity contribution is -0.384. The monoisotopic (exact) mass is 474 g/mol. The van der Waals surface area contributed by atoms with Crippen molar-refractivity contribution in [2.45, 2.75) is 6.10 Å². The predicted molar refractivity (Wildman–Crippen MR) is 122 cm³/mol. The number of methoxy groups -OCH3 is 1. The molecule has 0 saturated heterocycles. The smallest absolute Gasteiger partial charge is 0.339 e. The molecular formula is C25H18N2O8. The standard InChI is InChI=1S/C25H18N2O8/c1-34-15-11-12-18(19(13-15)27(32)33)26-24(30)22(29)20(21(28)14-7-3-2-4-8-14)23-16-9-5-6-10-17(16)25(31)35-23/h2-13,20,23H,1H3,(H,26,30)/t20-,23-/m0/s1. The van der Waals surface area contributed by atoms with Gasteiger partial charge >= 0.3 is 5.97 Å². The summed E-state index contributed by atoms with van der Waals surface area (Å²) in [5.41, 5.74) is -0.154. The zero-order chi connectivity index (χ0) is 25.1. The number of rotatable bonds is 8. The highest BCUT2D eigenvalue weighted by atomic mass is 16.6. The average molecular weight is 474 g/mol. The largest absolute Gasteiger partial charge is 0.496 e. The Bertz CT molecular complexity index is 1350. The third kappa shape index (κ3) is 4.49. The molecule has 1 aliphatic heterocycles. The van der Waals surface area contributed by atoms with E-state index in [4.69, 9.17) is 9.47 Å². The number of esters is 1. The lowest BCUT2D eigenvalue weighted by Gasteiger charge is -2.21. The number of amides is 1. The summed E-state index contributed by atoms with van der Waals surface area (Å²) in [6.07, 6.45) is -1.34. The summed E-state index contributed by atoms with van der Waals surface area (Å²) in [6, 6.07) is 17.7. The Hall–Kier alpha value is -4.86. The molecule has 176 valence electrons. The summed E-state index contributed by atoms with van der Waals surface area (Å²) in [6.45, 7) is 0. The van der Waals surface area contributed by atoms with Gasteiger partial charge < -0.3 is 14.8 Å². The summed E-state index contributed by atoms with van der Waals surface area (Å²) in [5.74, 6) is -5.47. The van der Waals surface area contributed by atoms with Crippen LogP contribution in [0.4, 0.5) is 11.4 Å². The zero-order valence-electron chi connectivity index (χ0n) is 18.3. The Morgan fingerprint density at radius 1 is 1.03 bits per heavy atom. The summed E-state index contributed by atoms with van der Waals surface area (Å²) in [4.78, 5) is 62.8. The number of cyclic esters (lactones) is 1. The minimum atomic E-state index is -1.71. The van der Waals surface area contributed by atoms with Crippen molar-refractivity contribution in [2.75, 3.05) is 12.4 Å². The number of carbonyl (C=O) groups excluding carboxylic acids is 4. The van der Waals surface area contributed by atoms with E-state index >= 15 is 0 Å². The van der Waals surface area contributed by atoms with E-state index in [0.717, 1.165) is 6.07 Å². The summed E-state index contributed by atoms with van der Waals surface area (Å²) in [5, 5.41) is 13.7. The van der Waals surface area contributed by atoms with E-state index in [9.17, 15) is 29.3 Å². The molecule has 0 aliphatic carbocycles. The molecule has 0 bridgehead atoms. The van der Waals surface area contributed by atoms with Gasteiger partial charge in [-0.2, -0.15) is 0 Å². The molecule has 0 saturated carbocycles. The third-order valence-electron chi connectivity index (χ3n) is 5.52. The Morgan fingerprint density at radius 2 is 1.71 bits per heavy atom. The van der Waals surface area contributed by atoms with E-state index in [1.807, 2.05) is 0 Å². The van der Waals surface area contributed by atoms with Gasteiger partial charge in [0.05, 0.1) is 23.7 Å². The number of nitrogens with zero attached hydrogens (tertiary/aromatic N) is 1. The van der Waals surface area contributed by atoms with Crippen LogP contribution < -0.4 is 10.1 Å². The van der Waals surface area contributed by atoms with E-state index in [-0.39, 0.29) is 22.6 Å². The molecule has 1 aliphatic rings. The van der Waals surface area contributed by atoms with Gasteiger partial charge in [0.25, 0.3) is 11.6 Å². The second-order valence-electron chi connectivity index (χ2n) is 7.58. The van der Waals surface area contributed by atoms with Gasteiger partial charge in [-0.05, 0) is 18.2 Å². The van der Waals surface area contributed by atoms with Crippen LogP contribution in [0, 0.1) is 16.0 Å². The van der Waals surface area contributed by atoms with Crippen LogP contribution in [0.2, 0.25) is 0 Å². The minimum Gasteiger partial charge on any atom is -0.496 e. The number of hydrogen-bond acceptors (Lipinski definition) is 8. The predicted octanol–water partition coefficient (Wildman–Crippen LogP) is 3.52. The highest BCUT2D eigenvalue weighted by Gasteiger charge is 2.46. The fourth-order valence-electron chi connectivity index (χ4n) is 3.82. The van der Waals surface area contributed by atoms with Gasteiger partial charge in [0.2, 0.25) is 5.78 Å². The SMILES string of the molecule is COc1ccc(NC(=O)C(=O)[C@H](C(=O)c2ccccc2)[C@H]2OC(=O)c3ccccc32)c([N+](=O)[O-])c1. The van der Waals surface area contributed by atoms with Crippen LogP contribution in [-0.2, 0) is 14.3 Å². The molecule has 3 aromatic rings. The molecule has 0 radical (unpaired) electrons. The van der Waals surface area contributed by atoms with E-state index in [1.54, 1.807) is 30.3 Å². The first kappa shape index (κ1) is 23.3. The number of benzene rings is 3. The molecule has 0 unspecified atom stereocenters. The molecule has 3 aromatic carbocycles. The third-order valence-corrected chi connectivity index (χ3v) is 5.52. The van der Waals surface area contributed by atoms with Crippen LogP contribution in [0.5, 0.6) is 5.75 Å². The van der Waals surface area contributed by atoms with Crippen molar-refractivity contribution in [1.82, 2.24) is 0 Å². The fraction of sp³-hybridized carbons (Fsp3) is 0.120. The van der Waals surface area contributed by atoms with E-state index in [1.165, 1.54) is 43.5 Å². The number of hydrogen-bond donors (Lipinski definition) is 1. The number of carbonyl (C=O) groups is 4. The average Bonchev–Trinajstić information content (AvgIpc) is 3.20. The van der Waals surface area contributed by atoms with Crippen molar-refractivity contribution in [3.05, 3.63) is 99.6 Å². The molecule has 4 rings (SSSR count). The van der Waals surface area contributed by atoms with Gasteiger partial charge in [0.1, 0.15) is 23.5 Å². The van der Waals surface area contributed by atoms with Gasteiger partial charge in [-0.25, -0.2) is 4.79 Å². The molecule has 1 amide bonds. The molecule has 1 heterocycles. The number of fused-ring (bicyclic) bond motifs is 1. The summed E-state index contributed by atoms with van der Waals surface area (Å²) in [7, 11) is 1.32. The van der Waals surface area contributed by atoms with Crippen molar-refractivity contribution in [3.63, 3.8) is 0 Å². The van der Waals surface area contributed by atoms with Crippen LogP contribution in [0.1, 0.15) is 32.4 Å². The fourth-order valence-corrected chi connectivity index (χ4v) is 3.82. The van der Waals surface area contributed by atoms with Gasteiger partial charge in [-0.3, -0.25) is 24.5 Å². The van der Waals surface area contributed by atoms with Crippen molar-refractivity contribution < 1.29 is 33.6 Å². The first-order chi connectivity index (χ1) is 16.8. The molecule has 2 atom stereocenters. The Morgan fingerprint density at radius 3 is 2.40 bits per heavy atom. The van der Waals surface area contributed by atoms with Crippen molar-refractivity contribution in [1.29, 1.82) is 0 Å². The van der Waals surface area contributed by atoms with Gasteiger partial charge in [0, 0.05) is 11.1 Å². The molecule has 1 N–H and O–H groups in total. The number of ketones is 2. The second-order valence-corrected chi connectivity index (χ2v) is 7.58. The van der Waals surface area contributed by atoms with Gasteiger partial charge in [-0.15, -0.1) is 0 Å². The van der Waals surface area contributed by atoms with Gasteiger partial charge in [0.15, 0.2) is 5.78 Å². The normalized spacial score (nSPS) is 14.9. The Kier molecular flexibility index (Phi) is 6.36. The lowest BCUT2D eigenvalue weighted by atomic mass is 9.84. The molecule has 0 spiro atoms. The van der Waals surface area contributed by atoms with Crippen molar-refractivity contribution in [3.8, 4) is 5.75 Å². The lowest BCUT2D eigenvalue weighted by Crippen LogP contribution is -2.38. The first-order valence-corrected chi connectivity index (χ1v) is 10.4. The van der Waals surface area contributed by atoms with Crippen LogP contribution in [0.25, 0.3) is 0 Å². The minimum absolute atomic E-state index is 0.134. The first-order valence-electron chi connectivity index (χ1n) is 10.4.